The molecule has 1 aliphatic rings. The number of carbonyl (C=O) groups is 1. The third-order valence-electron chi connectivity index (χ3n) is 4.18. The molecular weight excluding hydrogens is 346 g/mol. The summed E-state index contributed by atoms with van der Waals surface area (Å²) in [6.45, 7) is 11.1. The van der Waals surface area contributed by atoms with Gasteiger partial charge in [0.05, 0.1) is 17.6 Å². The van der Waals surface area contributed by atoms with Crippen LogP contribution in [0, 0.1) is 5.21 Å². The van der Waals surface area contributed by atoms with Gasteiger partial charge in [0.25, 0.3) is 0 Å². The number of benzene rings is 1. The first-order chi connectivity index (χ1) is 12.7. The van der Waals surface area contributed by atoms with E-state index in [-0.39, 0.29) is 23.7 Å². The van der Waals surface area contributed by atoms with Crippen molar-refractivity contribution in [1.82, 2.24) is 15.2 Å². The molecule has 1 atom stereocenters. The second kappa shape index (κ2) is 8.92. The van der Waals surface area contributed by atoms with Crippen LogP contribution in [0.5, 0.6) is 0 Å². The Morgan fingerprint density at radius 2 is 2.07 bits per heavy atom. The lowest BCUT2D eigenvalue weighted by molar-refractivity contribution is -0.721. The summed E-state index contributed by atoms with van der Waals surface area (Å²) in [6, 6.07) is 9.58. The maximum atomic E-state index is 12.4. The minimum absolute atomic E-state index is 0.0345. The van der Waals surface area contributed by atoms with Crippen LogP contribution in [0.15, 0.2) is 35.6 Å². The van der Waals surface area contributed by atoms with Crippen LogP contribution in [0.25, 0.3) is 0 Å². The first-order valence-corrected chi connectivity index (χ1v) is 9.37. The number of nitrogens with zero attached hydrogens (tertiary/aromatic N) is 4. The molecule has 1 N–H and O–H groups in total. The molecule has 0 bridgehead atoms. The Hall–Kier alpha value is -2.51. The molecular formula is C19H31N5O3. The number of rotatable bonds is 6. The van der Waals surface area contributed by atoms with E-state index in [9.17, 15) is 10.0 Å². The van der Waals surface area contributed by atoms with Crippen LogP contribution >= 0.6 is 0 Å². The van der Waals surface area contributed by atoms with Crippen molar-refractivity contribution in [2.45, 2.75) is 65.3 Å². The molecule has 0 spiro atoms. The van der Waals surface area contributed by atoms with E-state index in [2.05, 4.69) is 10.6 Å². The smallest absolute Gasteiger partial charge is 0.317 e. The van der Waals surface area contributed by atoms with Gasteiger partial charge in [-0.05, 0) is 40.2 Å². The van der Waals surface area contributed by atoms with Crippen LogP contribution in [0.3, 0.4) is 0 Å². The summed E-state index contributed by atoms with van der Waals surface area (Å²) < 4.78 is 0. The van der Waals surface area contributed by atoms with E-state index in [1.807, 2.05) is 65.0 Å². The number of hydrazine groups is 1. The predicted octanol–water partition coefficient (Wildman–Crippen LogP) is 3.29. The van der Waals surface area contributed by atoms with E-state index >= 15 is 0 Å². The van der Waals surface area contributed by atoms with Gasteiger partial charge in [-0.3, -0.25) is 0 Å². The van der Waals surface area contributed by atoms with E-state index < -0.39 is 0 Å². The number of likely N-dealkylation sites (tertiary alicyclic amines) is 1. The van der Waals surface area contributed by atoms with Crippen molar-refractivity contribution in [3.63, 3.8) is 0 Å². The van der Waals surface area contributed by atoms with E-state index in [1.165, 1.54) is 0 Å². The standard InChI is InChI=1S/C19H31N5O3/c1-15(2)23(13-16-9-7-6-8-10-16)24(26)21-27-17-11-12-22(14-17)18(25)20-19(3,4)5/h6-10,15,17H,11-14H2,1-5H3,(H,20,25)/b24-21-/t17-/m1/s1. The summed E-state index contributed by atoms with van der Waals surface area (Å²) in [5.74, 6) is 0. The summed E-state index contributed by atoms with van der Waals surface area (Å²) in [4.78, 5) is 19.8. The van der Waals surface area contributed by atoms with Gasteiger partial charge in [0, 0.05) is 18.5 Å². The average Bonchev–Trinajstić information content (AvgIpc) is 3.06. The van der Waals surface area contributed by atoms with Crippen LogP contribution in [-0.2, 0) is 11.4 Å². The summed E-state index contributed by atoms with van der Waals surface area (Å²) >= 11 is 0. The molecule has 27 heavy (non-hydrogen) atoms. The topological polar surface area (TPSA) is 83.2 Å². The van der Waals surface area contributed by atoms with Crippen molar-refractivity contribution in [3.8, 4) is 0 Å². The first kappa shape index (κ1) is 20.8. The van der Waals surface area contributed by atoms with Crippen LogP contribution in [-0.4, -0.2) is 51.7 Å². The molecule has 1 heterocycles. The largest absolute Gasteiger partial charge is 0.569 e. The SMILES string of the molecule is CC(C)N(Cc1ccccc1)/[N+]([O-])=N/O[C@@H]1CCN(C(=O)NC(C)(C)C)C1. The lowest BCUT2D eigenvalue weighted by atomic mass is 10.1. The minimum atomic E-state index is -0.290. The monoisotopic (exact) mass is 377 g/mol. The van der Waals surface area contributed by atoms with Crippen molar-refractivity contribution >= 4 is 6.03 Å². The molecule has 2 rings (SSSR count). The number of hydrogen-bond acceptors (Lipinski definition) is 4. The zero-order chi connectivity index (χ0) is 20.0. The lowest BCUT2D eigenvalue weighted by Gasteiger charge is -2.25. The van der Waals surface area contributed by atoms with Gasteiger partial charge < -0.3 is 20.3 Å². The van der Waals surface area contributed by atoms with E-state index in [4.69, 9.17) is 4.84 Å². The van der Waals surface area contributed by atoms with Gasteiger partial charge in [-0.2, -0.15) is 0 Å². The second-order valence-electron chi connectivity index (χ2n) is 8.15. The fourth-order valence-corrected chi connectivity index (χ4v) is 2.76. The first-order valence-electron chi connectivity index (χ1n) is 9.37. The van der Waals surface area contributed by atoms with E-state index in [0.29, 0.717) is 31.0 Å². The molecule has 1 saturated heterocycles. The summed E-state index contributed by atoms with van der Waals surface area (Å²) in [5, 5.41) is 20.6. The van der Waals surface area contributed by atoms with Gasteiger partial charge in [0.15, 0.2) is 6.10 Å². The second-order valence-corrected chi connectivity index (χ2v) is 8.15. The van der Waals surface area contributed by atoms with Crippen molar-refractivity contribution in [2.75, 3.05) is 13.1 Å². The molecule has 1 fully saturated rings. The van der Waals surface area contributed by atoms with Crippen molar-refractivity contribution in [1.29, 1.82) is 0 Å². The van der Waals surface area contributed by atoms with Gasteiger partial charge in [-0.15, -0.1) is 5.01 Å². The van der Waals surface area contributed by atoms with Gasteiger partial charge >= 0.3 is 6.03 Å². The Morgan fingerprint density at radius 3 is 2.67 bits per heavy atom. The average molecular weight is 377 g/mol. The number of amides is 2. The van der Waals surface area contributed by atoms with Crippen LogP contribution in [0.2, 0.25) is 0 Å². The third kappa shape index (κ3) is 6.62. The van der Waals surface area contributed by atoms with Gasteiger partial charge in [0.1, 0.15) is 6.54 Å². The molecule has 1 aliphatic heterocycles. The highest BCUT2D eigenvalue weighted by atomic mass is 16.7. The number of hydrogen-bond donors (Lipinski definition) is 1. The summed E-state index contributed by atoms with van der Waals surface area (Å²) in [6.07, 6.45) is 0.368. The van der Waals surface area contributed by atoms with Crippen molar-refractivity contribution in [2.24, 2.45) is 5.28 Å². The quantitative estimate of drug-likeness (QED) is 0.468. The number of nitrogens with one attached hydrogen (secondary N) is 1. The zero-order valence-electron chi connectivity index (χ0n) is 16.9. The molecule has 1 aromatic carbocycles. The fraction of sp³-hybridized carbons (Fsp3) is 0.632. The highest BCUT2D eigenvalue weighted by Gasteiger charge is 2.30. The lowest BCUT2D eigenvalue weighted by Crippen LogP contribution is -2.48. The maximum absolute atomic E-state index is 12.4. The zero-order valence-corrected chi connectivity index (χ0v) is 16.9. The predicted molar refractivity (Wildman–Crippen MR) is 103 cm³/mol. The maximum Gasteiger partial charge on any atom is 0.317 e. The summed E-state index contributed by atoms with van der Waals surface area (Å²) in [7, 11) is 0. The molecule has 2 amide bonds. The van der Waals surface area contributed by atoms with Crippen LogP contribution in [0.1, 0.15) is 46.6 Å². The van der Waals surface area contributed by atoms with Crippen molar-refractivity contribution in [3.05, 3.63) is 41.1 Å². The van der Waals surface area contributed by atoms with E-state index in [1.54, 1.807) is 9.91 Å². The molecule has 8 heteroatoms. The Labute approximate surface area is 161 Å². The third-order valence-corrected chi connectivity index (χ3v) is 4.18. The number of carbonyl (C=O) groups excluding carboxylic acids is 1. The van der Waals surface area contributed by atoms with E-state index in [0.717, 1.165) is 5.56 Å². The fourth-order valence-electron chi connectivity index (χ4n) is 2.76. The molecule has 0 unspecified atom stereocenters. The molecule has 0 aliphatic carbocycles. The van der Waals surface area contributed by atoms with Crippen molar-refractivity contribution < 1.29 is 14.6 Å². The Balaban J connectivity index is 1.91. The molecule has 8 nitrogen and oxygen atoms in total. The van der Waals surface area contributed by atoms with Gasteiger partial charge in [-0.1, -0.05) is 30.3 Å². The van der Waals surface area contributed by atoms with Gasteiger partial charge in [-0.25, -0.2) is 4.79 Å². The van der Waals surface area contributed by atoms with Crippen LogP contribution < -0.4 is 5.32 Å². The highest BCUT2D eigenvalue weighted by molar-refractivity contribution is 5.75. The summed E-state index contributed by atoms with van der Waals surface area (Å²) in [5.41, 5.74) is 0.731. The highest BCUT2D eigenvalue weighted by Crippen LogP contribution is 2.15. The Morgan fingerprint density at radius 1 is 1.41 bits per heavy atom. The molecule has 0 saturated carbocycles. The normalized spacial score (nSPS) is 17.9. The Bertz CT molecular complexity index is 642. The molecule has 0 radical (unpaired) electrons. The molecule has 1 aromatic rings. The number of urea groups is 1. The van der Waals surface area contributed by atoms with Gasteiger partial charge in [0.2, 0.25) is 5.28 Å². The molecule has 0 aromatic heterocycles. The Kier molecular flexibility index (Phi) is 6.87. The molecule has 150 valence electrons. The van der Waals surface area contributed by atoms with Crippen LogP contribution in [0.4, 0.5) is 4.79 Å². The minimum Gasteiger partial charge on any atom is -0.569 e.